The number of benzene rings is 1. The number of nitrogens with zero attached hydrogens (tertiary/aromatic N) is 1. The van der Waals surface area contributed by atoms with Crippen LogP contribution in [0.1, 0.15) is 23.7 Å². The highest BCUT2D eigenvalue weighted by Gasteiger charge is 2.07. The van der Waals surface area contributed by atoms with Gasteiger partial charge in [0.15, 0.2) is 0 Å². The first kappa shape index (κ1) is 13.7. The first-order chi connectivity index (χ1) is 8.17. The Morgan fingerprint density at radius 1 is 1.35 bits per heavy atom. The van der Waals surface area contributed by atoms with Gasteiger partial charge in [-0.2, -0.15) is 0 Å². The SMILES string of the molecule is COCCC(C)CN(C)c1ccc(C=O)cc1. The third-order valence-corrected chi connectivity index (χ3v) is 2.87. The van der Waals surface area contributed by atoms with E-state index >= 15 is 0 Å². The van der Waals surface area contributed by atoms with Crippen molar-refractivity contribution in [1.82, 2.24) is 0 Å². The lowest BCUT2D eigenvalue weighted by molar-refractivity contribution is 0.112. The minimum absolute atomic E-state index is 0.589. The van der Waals surface area contributed by atoms with Crippen LogP contribution in [0.15, 0.2) is 24.3 Å². The van der Waals surface area contributed by atoms with Crippen LogP contribution in [0.2, 0.25) is 0 Å². The molecule has 0 saturated carbocycles. The van der Waals surface area contributed by atoms with E-state index in [0.29, 0.717) is 5.92 Å². The van der Waals surface area contributed by atoms with E-state index in [1.807, 2.05) is 24.3 Å². The Balaban J connectivity index is 2.50. The van der Waals surface area contributed by atoms with Gasteiger partial charge in [0, 0.05) is 38.6 Å². The molecule has 94 valence electrons. The molecule has 0 amide bonds. The fraction of sp³-hybridized carbons (Fsp3) is 0.500. The van der Waals surface area contributed by atoms with Crippen molar-refractivity contribution >= 4 is 12.0 Å². The molecule has 0 aromatic heterocycles. The molecule has 0 aliphatic heterocycles. The van der Waals surface area contributed by atoms with Crippen molar-refractivity contribution in [3.05, 3.63) is 29.8 Å². The number of hydrogen-bond acceptors (Lipinski definition) is 3. The molecule has 0 radical (unpaired) electrons. The molecule has 0 aliphatic rings. The Hall–Kier alpha value is -1.35. The van der Waals surface area contributed by atoms with Crippen LogP contribution in [0.25, 0.3) is 0 Å². The van der Waals surface area contributed by atoms with Gasteiger partial charge in [0.05, 0.1) is 0 Å². The second-order valence-electron chi connectivity index (χ2n) is 4.48. The second kappa shape index (κ2) is 7.07. The number of rotatable bonds is 7. The lowest BCUT2D eigenvalue weighted by Crippen LogP contribution is -2.24. The maximum atomic E-state index is 10.6. The summed E-state index contributed by atoms with van der Waals surface area (Å²) in [5, 5.41) is 0. The van der Waals surface area contributed by atoms with Crippen molar-refractivity contribution in [2.24, 2.45) is 5.92 Å². The van der Waals surface area contributed by atoms with Crippen LogP contribution in [0.5, 0.6) is 0 Å². The van der Waals surface area contributed by atoms with Crippen LogP contribution in [-0.2, 0) is 4.74 Å². The molecule has 3 nitrogen and oxygen atoms in total. The molecule has 0 heterocycles. The van der Waals surface area contributed by atoms with Gasteiger partial charge in [-0.05, 0) is 36.6 Å². The highest BCUT2D eigenvalue weighted by Crippen LogP contribution is 2.15. The molecule has 1 unspecified atom stereocenters. The molecule has 0 spiro atoms. The quantitative estimate of drug-likeness (QED) is 0.680. The lowest BCUT2D eigenvalue weighted by Gasteiger charge is -2.23. The van der Waals surface area contributed by atoms with Crippen molar-refractivity contribution in [3.8, 4) is 0 Å². The maximum absolute atomic E-state index is 10.6. The third kappa shape index (κ3) is 4.57. The molecule has 0 fully saturated rings. The predicted molar refractivity (Wildman–Crippen MR) is 70.8 cm³/mol. The first-order valence-corrected chi connectivity index (χ1v) is 5.92. The van der Waals surface area contributed by atoms with Gasteiger partial charge in [0.1, 0.15) is 6.29 Å². The van der Waals surface area contributed by atoms with E-state index in [-0.39, 0.29) is 0 Å². The fourth-order valence-corrected chi connectivity index (χ4v) is 1.79. The number of methoxy groups -OCH3 is 1. The Morgan fingerprint density at radius 3 is 2.53 bits per heavy atom. The summed E-state index contributed by atoms with van der Waals surface area (Å²) in [6, 6.07) is 7.65. The van der Waals surface area contributed by atoms with E-state index in [1.54, 1.807) is 7.11 Å². The minimum Gasteiger partial charge on any atom is -0.385 e. The average Bonchev–Trinajstić information content (AvgIpc) is 2.36. The van der Waals surface area contributed by atoms with Gasteiger partial charge in [0.25, 0.3) is 0 Å². The highest BCUT2D eigenvalue weighted by atomic mass is 16.5. The monoisotopic (exact) mass is 235 g/mol. The van der Waals surface area contributed by atoms with Gasteiger partial charge >= 0.3 is 0 Å². The van der Waals surface area contributed by atoms with Gasteiger partial charge in [-0.15, -0.1) is 0 Å². The van der Waals surface area contributed by atoms with Crippen LogP contribution in [0.3, 0.4) is 0 Å². The van der Waals surface area contributed by atoms with Crippen LogP contribution in [0.4, 0.5) is 5.69 Å². The van der Waals surface area contributed by atoms with Crippen molar-refractivity contribution in [2.75, 3.05) is 32.2 Å². The largest absolute Gasteiger partial charge is 0.385 e. The maximum Gasteiger partial charge on any atom is 0.150 e. The number of carbonyl (C=O) groups is 1. The summed E-state index contributed by atoms with van der Waals surface area (Å²) in [7, 11) is 3.80. The molecule has 0 bridgehead atoms. The molecule has 3 heteroatoms. The van der Waals surface area contributed by atoms with Crippen LogP contribution < -0.4 is 4.90 Å². The molecule has 1 rings (SSSR count). The van der Waals surface area contributed by atoms with Crippen molar-refractivity contribution in [1.29, 1.82) is 0 Å². The number of anilines is 1. The third-order valence-electron chi connectivity index (χ3n) is 2.87. The summed E-state index contributed by atoms with van der Waals surface area (Å²) in [6.07, 6.45) is 1.93. The zero-order valence-corrected chi connectivity index (χ0v) is 10.8. The Labute approximate surface area is 103 Å². The molecule has 1 atom stereocenters. The second-order valence-corrected chi connectivity index (χ2v) is 4.48. The summed E-state index contributed by atoms with van der Waals surface area (Å²) in [5.74, 6) is 0.589. The zero-order valence-electron chi connectivity index (χ0n) is 10.8. The van der Waals surface area contributed by atoms with Crippen LogP contribution in [0, 0.1) is 5.92 Å². The topological polar surface area (TPSA) is 29.5 Å². The molecule has 0 saturated heterocycles. The zero-order chi connectivity index (χ0) is 12.7. The summed E-state index contributed by atoms with van der Waals surface area (Å²) in [6.45, 7) is 4.01. The van der Waals surface area contributed by atoms with Crippen molar-refractivity contribution in [2.45, 2.75) is 13.3 Å². The summed E-state index contributed by atoms with van der Waals surface area (Å²) >= 11 is 0. The summed E-state index contributed by atoms with van der Waals surface area (Å²) < 4.78 is 5.07. The minimum atomic E-state index is 0.589. The van der Waals surface area contributed by atoms with Crippen LogP contribution in [-0.4, -0.2) is 33.6 Å². The predicted octanol–water partition coefficient (Wildman–Crippen LogP) is 2.61. The normalized spacial score (nSPS) is 12.2. The molecule has 1 aromatic carbocycles. The van der Waals surface area contributed by atoms with Gasteiger partial charge in [-0.25, -0.2) is 0 Å². The highest BCUT2D eigenvalue weighted by molar-refractivity contribution is 5.75. The van der Waals surface area contributed by atoms with E-state index < -0.39 is 0 Å². The molecule has 0 aliphatic carbocycles. The van der Waals surface area contributed by atoms with E-state index in [0.717, 1.165) is 37.1 Å². The number of ether oxygens (including phenoxy) is 1. The number of aldehydes is 1. The van der Waals surface area contributed by atoms with Crippen LogP contribution >= 0.6 is 0 Å². The molecular formula is C14H21NO2. The molecular weight excluding hydrogens is 214 g/mol. The first-order valence-electron chi connectivity index (χ1n) is 5.92. The van der Waals surface area contributed by atoms with E-state index in [9.17, 15) is 4.79 Å². The number of hydrogen-bond donors (Lipinski definition) is 0. The molecule has 0 N–H and O–H groups in total. The van der Waals surface area contributed by atoms with E-state index in [1.165, 1.54) is 0 Å². The Bertz CT molecular complexity index is 335. The average molecular weight is 235 g/mol. The van der Waals surface area contributed by atoms with Gasteiger partial charge in [-0.3, -0.25) is 4.79 Å². The van der Waals surface area contributed by atoms with E-state index in [2.05, 4.69) is 18.9 Å². The van der Waals surface area contributed by atoms with Gasteiger partial charge in [0.2, 0.25) is 0 Å². The van der Waals surface area contributed by atoms with E-state index in [4.69, 9.17) is 4.74 Å². The molecule has 17 heavy (non-hydrogen) atoms. The summed E-state index contributed by atoms with van der Waals surface area (Å²) in [5.41, 5.74) is 1.86. The number of carbonyl (C=O) groups excluding carboxylic acids is 1. The summed E-state index contributed by atoms with van der Waals surface area (Å²) in [4.78, 5) is 12.8. The fourth-order valence-electron chi connectivity index (χ4n) is 1.79. The van der Waals surface area contributed by atoms with Crippen molar-refractivity contribution in [3.63, 3.8) is 0 Å². The molecule has 1 aromatic rings. The van der Waals surface area contributed by atoms with Gasteiger partial charge in [-0.1, -0.05) is 6.92 Å². The smallest absolute Gasteiger partial charge is 0.150 e. The standard InChI is InChI=1S/C14H21NO2/c1-12(8-9-17-3)10-15(2)14-6-4-13(11-16)5-7-14/h4-7,11-12H,8-10H2,1-3H3. The Kier molecular flexibility index (Phi) is 5.70. The lowest BCUT2D eigenvalue weighted by atomic mass is 10.1. The van der Waals surface area contributed by atoms with Gasteiger partial charge < -0.3 is 9.64 Å². The Morgan fingerprint density at radius 2 is 2.00 bits per heavy atom. The van der Waals surface area contributed by atoms with Crippen molar-refractivity contribution < 1.29 is 9.53 Å².